The van der Waals surface area contributed by atoms with Gasteiger partial charge in [-0.05, 0) is 43.3 Å². The highest BCUT2D eigenvalue weighted by Crippen LogP contribution is 2.27. The number of rotatable bonds is 4. The maximum absolute atomic E-state index is 12.5. The van der Waals surface area contributed by atoms with E-state index < -0.39 is 5.54 Å². The highest BCUT2D eigenvalue weighted by atomic mass is 32.1. The van der Waals surface area contributed by atoms with Crippen LogP contribution in [0.15, 0.2) is 29.6 Å². The minimum absolute atomic E-state index is 0.160. The lowest BCUT2D eigenvalue weighted by molar-refractivity contribution is 0.0886. The first kappa shape index (κ1) is 12.3. The molecule has 0 saturated carbocycles. The molecule has 90 valence electrons. The Bertz CT molecular complexity index is 542. The van der Waals surface area contributed by atoms with Gasteiger partial charge in [-0.25, -0.2) is 0 Å². The molecular weight excluding hydrogens is 230 g/mol. The lowest BCUT2D eigenvalue weighted by Crippen LogP contribution is -2.46. The highest BCUT2D eigenvalue weighted by molar-refractivity contribution is 7.17. The van der Waals surface area contributed by atoms with E-state index in [-0.39, 0.29) is 5.78 Å². The number of fused-ring (bicyclic) bond motifs is 1. The third kappa shape index (κ3) is 2.26. The van der Waals surface area contributed by atoms with Gasteiger partial charge in [-0.15, -0.1) is 11.3 Å². The minimum Gasteiger partial charge on any atom is -0.305 e. The van der Waals surface area contributed by atoms with Crippen molar-refractivity contribution in [3.63, 3.8) is 0 Å². The number of Topliss-reactive ketones (excluding diaryl/α,β-unsaturated/α-hetero) is 1. The molecule has 2 rings (SSSR count). The topological polar surface area (TPSA) is 29.1 Å². The van der Waals surface area contributed by atoms with Crippen LogP contribution in [0.3, 0.4) is 0 Å². The van der Waals surface area contributed by atoms with Gasteiger partial charge in [0.05, 0.1) is 5.54 Å². The summed E-state index contributed by atoms with van der Waals surface area (Å²) in [6.45, 7) is 6.68. The molecule has 0 radical (unpaired) electrons. The molecule has 1 aromatic carbocycles. The smallest absolute Gasteiger partial charge is 0.183 e. The van der Waals surface area contributed by atoms with Gasteiger partial charge >= 0.3 is 0 Å². The van der Waals surface area contributed by atoms with Crippen molar-refractivity contribution in [3.05, 3.63) is 35.2 Å². The zero-order valence-electron chi connectivity index (χ0n) is 10.4. The fourth-order valence-corrected chi connectivity index (χ4v) is 2.94. The minimum atomic E-state index is -0.507. The normalized spacial score (nSPS) is 11.9. The van der Waals surface area contributed by atoms with Crippen LogP contribution < -0.4 is 5.32 Å². The maximum Gasteiger partial charge on any atom is 0.183 e. The van der Waals surface area contributed by atoms with Crippen LogP contribution in [-0.2, 0) is 0 Å². The Balaban J connectivity index is 2.46. The van der Waals surface area contributed by atoms with Gasteiger partial charge in [-0.1, -0.05) is 19.1 Å². The molecule has 1 heterocycles. The standard InChI is InChI=1S/C14H17NOS/c1-4-15-14(2,3)13(16)11-7-5-6-10-8-9-17-12(10)11/h5-9,15H,4H2,1-3H3. The monoisotopic (exact) mass is 247 g/mol. The Labute approximate surface area is 106 Å². The molecule has 0 spiro atoms. The lowest BCUT2D eigenvalue weighted by Gasteiger charge is -2.24. The van der Waals surface area contributed by atoms with Crippen molar-refractivity contribution in [2.45, 2.75) is 26.3 Å². The molecule has 0 amide bonds. The van der Waals surface area contributed by atoms with Crippen molar-refractivity contribution in [2.75, 3.05) is 6.54 Å². The SMILES string of the molecule is CCNC(C)(C)C(=O)c1cccc2ccsc12. The van der Waals surface area contributed by atoms with Gasteiger partial charge in [-0.3, -0.25) is 4.79 Å². The summed E-state index contributed by atoms with van der Waals surface area (Å²) in [4.78, 5) is 12.5. The number of likely N-dealkylation sites (N-methyl/N-ethyl adjacent to an activating group) is 1. The average molecular weight is 247 g/mol. The number of benzene rings is 1. The quantitative estimate of drug-likeness (QED) is 0.838. The number of hydrogen-bond donors (Lipinski definition) is 1. The molecule has 1 aromatic heterocycles. The molecule has 0 aliphatic rings. The van der Waals surface area contributed by atoms with E-state index in [9.17, 15) is 4.79 Å². The van der Waals surface area contributed by atoms with Crippen molar-refractivity contribution in [3.8, 4) is 0 Å². The van der Waals surface area contributed by atoms with E-state index in [2.05, 4.69) is 11.4 Å². The number of carbonyl (C=O) groups is 1. The molecule has 0 fully saturated rings. The summed E-state index contributed by atoms with van der Waals surface area (Å²) in [5.41, 5.74) is 0.316. The average Bonchev–Trinajstić information content (AvgIpc) is 2.75. The molecule has 0 aliphatic carbocycles. The van der Waals surface area contributed by atoms with Crippen LogP contribution in [0, 0.1) is 0 Å². The van der Waals surface area contributed by atoms with E-state index >= 15 is 0 Å². The van der Waals surface area contributed by atoms with Gasteiger partial charge < -0.3 is 5.32 Å². The maximum atomic E-state index is 12.5. The molecule has 2 nitrogen and oxygen atoms in total. The summed E-state index contributed by atoms with van der Waals surface area (Å²) in [6.07, 6.45) is 0. The molecule has 0 atom stereocenters. The lowest BCUT2D eigenvalue weighted by atomic mass is 9.92. The second-order valence-corrected chi connectivity index (χ2v) is 5.55. The number of hydrogen-bond acceptors (Lipinski definition) is 3. The van der Waals surface area contributed by atoms with Gasteiger partial charge in [0.15, 0.2) is 5.78 Å². The van der Waals surface area contributed by atoms with Crippen molar-refractivity contribution < 1.29 is 4.79 Å². The number of nitrogens with one attached hydrogen (secondary N) is 1. The Morgan fingerprint density at radius 1 is 1.35 bits per heavy atom. The van der Waals surface area contributed by atoms with Gasteiger partial charge in [0.2, 0.25) is 0 Å². The van der Waals surface area contributed by atoms with Crippen molar-refractivity contribution in [1.29, 1.82) is 0 Å². The third-order valence-corrected chi connectivity index (χ3v) is 3.87. The van der Waals surface area contributed by atoms with Crippen LogP contribution in [0.25, 0.3) is 10.1 Å². The molecule has 2 aromatic rings. The Morgan fingerprint density at radius 3 is 2.82 bits per heavy atom. The van der Waals surface area contributed by atoms with E-state index in [0.717, 1.165) is 22.2 Å². The van der Waals surface area contributed by atoms with E-state index in [1.165, 1.54) is 0 Å². The summed E-state index contributed by atoms with van der Waals surface area (Å²) >= 11 is 1.63. The van der Waals surface area contributed by atoms with Gasteiger partial charge in [-0.2, -0.15) is 0 Å². The van der Waals surface area contributed by atoms with E-state index in [1.807, 2.05) is 44.4 Å². The van der Waals surface area contributed by atoms with Gasteiger partial charge in [0.25, 0.3) is 0 Å². The van der Waals surface area contributed by atoms with Crippen LogP contribution in [0.5, 0.6) is 0 Å². The van der Waals surface area contributed by atoms with Crippen molar-refractivity contribution in [1.82, 2.24) is 5.32 Å². The van der Waals surface area contributed by atoms with Crippen LogP contribution in [-0.4, -0.2) is 17.9 Å². The van der Waals surface area contributed by atoms with Crippen LogP contribution >= 0.6 is 11.3 Å². The number of ketones is 1. The fraction of sp³-hybridized carbons (Fsp3) is 0.357. The zero-order valence-corrected chi connectivity index (χ0v) is 11.2. The Morgan fingerprint density at radius 2 is 2.12 bits per heavy atom. The van der Waals surface area contributed by atoms with E-state index in [4.69, 9.17) is 0 Å². The molecular formula is C14H17NOS. The Kier molecular flexibility index (Phi) is 3.31. The number of carbonyl (C=O) groups excluding carboxylic acids is 1. The first-order chi connectivity index (χ1) is 8.06. The summed E-state index contributed by atoms with van der Waals surface area (Å²) in [5, 5.41) is 6.41. The molecule has 0 aliphatic heterocycles. The predicted octanol–water partition coefficient (Wildman–Crippen LogP) is 3.47. The van der Waals surface area contributed by atoms with Crippen LogP contribution in [0.4, 0.5) is 0 Å². The van der Waals surface area contributed by atoms with Crippen LogP contribution in [0.1, 0.15) is 31.1 Å². The second-order valence-electron chi connectivity index (χ2n) is 4.63. The summed E-state index contributed by atoms with van der Waals surface area (Å²) < 4.78 is 1.09. The first-order valence-electron chi connectivity index (χ1n) is 5.82. The van der Waals surface area contributed by atoms with Gasteiger partial charge in [0, 0.05) is 10.3 Å². The van der Waals surface area contributed by atoms with E-state index in [0.29, 0.717) is 0 Å². The molecule has 3 heteroatoms. The third-order valence-electron chi connectivity index (χ3n) is 2.91. The second kappa shape index (κ2) is 4.59. The zero-order chi connectivity index (χ0) is 12.5. The largest absolute Gasteiger partial charge is 0.305 e. The fourth-order valence-electron chi connectivity index (χ4n) is 2.03. The summed E-state index contributed by atoms with van der Waals surface area (Å²) in [6, 6.07) is 7.96. The summed E-state index contributed by atoms with van der Waals surface area (Å²) in [7, 11) is 0. The van der Waals surface area contributed by atoms with Crippen molar-refractivity contribution >= 4 is 27.2 Å². The highest BCUT2D eigenvalue weighted by Gasteiger charge is 2.28. The predicted molar refractivity (Wildman–Crippen MR) is 73.9 cm³/mol. The molecule has 0 bridgehead atoms. The molecule has 0 saturated heterocycles. The Hall–Kier alpha value is -1.19. The number of thiophene rings is 1. The van der Waals surface area contributed by atoms with Crippen molar-refractivity contribution in [2.24, 2.45) is 0 Å². The first-order valence-corrected chi connectivity index (χ1v) is 6.70. The molecule has 17 heavy (non-hydrogen) atoms. The molecule has 1 N–H and O–H groups in total. The molecule has 0 unspecified atom stereocenters. The van der Waals surface area contributed by atoms with E-state index in [1.54, 1.807) is 11.3 Å². The van der Waals surface area contributed by atoms with Gasteiger partial charge in [0.1, 0.15) is 0 Å². The van der Waals surface area contributed by atoms with Crippen LogP contribution in [0.2, 0.25) is 0 Å². The summed E-state index contributed by atoms with van der Waals surface area (Å²) in [5.74, 6) is 0.160.